The van der Waals surface area contributed by atoms with E-state index in [1.165, 1.54) is 0 Å². The Hall–Kier alpha value is -1.22. The van der Waals surface area contributed by atoms with Gasteiger partial charge >= 0.3 is 0 Å². The highest BCUT2D eigenvalue weighted by molar-refractivity contribution is 6.31. The van der Waals surface area contributed by atoms with Crippen molar-refractivity contribution in [2.75, 3.05) is 5.32 Å². The number of aliphatic hydroxyl groups is 1. The largest absolute Gasteiger partial charge is 0.384 e. The standard InChI is InChI=1S/C16H17Cl2NO/c1-10(2)19-15-8-7-11(17)9-13(15)16(20)12-5-3-4-6-14(12)18/h3-10,16,19-20H,1-2H3. The van der Waals surface area contributed by atoms with Crippen molar-refractivity contribution in [3.63, 3.8) is 0 Å². The van der Waals surface area contributed by atoms with Gasteiger partial charge in [-0.3, -0.25) is 0 Å². The molecular formula is C16H17Cl2NO. The topological polar surface area (TPSA) is 32.3 Å². The lowest BCUT2D eigenvalue weighted by atomic mass is 9.99. The van der Waals surface area contributed by atoms with E-state index in [2.05, 4.69) is 5.32 Å². The second kappa shape index (κ2) is 6.49. The molecule has 0 spiro atoms. The quantitative estimate of drug-likeness (QED) is 0.842. The minimum absolute atomic E-state index is 0.258. The first-order valence-electron chi connectivity index (χ1n) is 6.47. The summed E-state index contributed by atoms with van der Waals surface area (Å²) in [6.07, 6.45) is -0.816. The van der Waals surface area contributed by atoms with Crippen molar-refractivity contribution in [3.8, 4) is 0 Å². The van der Waals surface area contributed by atoms with Crippen LogP contribution in [0.3, 0.4) is 0 Å². The van der Waals surface area contributed by atoms with Crippen molar-refractivity contribution in [2.24, 2.45) is 0 Å². The fraction of sp³-hybridized carbons (Fsp3) is 0.250. The van der Waals surface area contributed by atoms with Crippen molar-refractivity contribution >= 4 is 28.9 Å². The number of hydrogen-bond acceptors (Lipinski definition) is 2. The molecule has 0 aliphatic rings. The van der Waals surface area contributed by atoms with E-state index in [1.807, 2.05) is 38.1 Å². The van der Waals surface area contributed by atoms with Crippen LogP contribution in [0.25, 0.3) is 0 Å². The number of hydrogen-bond donors (Lipinski definition) is 2. The molecule has 0 heterocycles. The number of aliphatic hydroxyl groups excluding tert-OH is 1. The molecule has 0 amide bonds. The maximum absolute atomic E-state index is 10.6. The van der Waals surface area contributed by atoms with Gasteiger partial charge in [0.25, 0.3) is 0 Å². The Morgan fingerprint density at radius 2 is 1.70 bits per heavy atom. The molecule has 0 aliphatic heterocycles. The summed E-state index contributed by atoms with van der Waals surface area (Å²) >= 11 is 12.2. The summed E-state index contributed by atoms with van der Waals surface area (Å²) in [4.78, 5) is 0. The molecule has 0 aliphatic carbocycles. The molecule has 20 heavy (non-hydrogen) atoms. The Morgan fingerprint density at radius 1 is 1.00 bits per heavy atom. The van der Waals surface area contributed by atoms with Crippen molar-refractivity contribution in [1.82, 2.24) is 0 Å². The van der Waals surface area contributed by atoms with Gasteiger partial charge in [-0.25, -0.2) is 0 Å². The van der Waals surface area contributed by atoms with Gasteiger partial charge in [-0.15, -0.1) is 0 Å². The lowest BCUT2D eigenvalue weighted by Crippen LogP contribution is -2.13. The highest BCUT2D eigenvalue weighted by atomic mass is 35.5. The molecule has 0 saturated heterocycles. The summed E-state index contributed by atoms with van der Waals surface area (Å²) in [6.45, 7) is 4.08. The van der Waals surface area contributed by atoms with Gasteiger partial charge in [0.1, 0.15) is 6.10 Å². The minimum atomic E-state index is -0.816. The van der Waals surface area contributed by atoms with E-state index in [-0.39, 0.29) is 6.04 Å². The predicted molar refractivity (Wildman–Crippen MR) is 85.7 cm³/mol. The molecule has 1 atom stereocenters. The summed E-state index contributed by atoms with van der Waals surface area (Å²) in [5.41, 5.74) is 2.25. The number of nitrogens with one attached hydrogen (secondary N) is 1. The van der Waals surface area contributed by atoms with Gasteiger partial charge in [0, 0.05) is 32.9 Å². The molecule has 0 saturated carbocycles. The summed E-state index contributed by atoms with van der Waals surface area (Å²) in [5.74, 6) is 0. The lowest BCUT2D eigenvalue weighted by Gasteiger charge is -2.20. The van der Waals surface area contributed by atoms with Crippen molar-refractivity contribution in [2.45, 2.75) is 26.0 Å². The zero-order valence-electron chi connectivity index (χ0n) is 11.4. The van der Waals surface area contributed by atoms with Gasteiger partial charge in [0.15, 0.2) is 0 Å². The maximum Gasteiger partial charge on any atom is 0.108 e. The third-order valence-electron chi connectivity index (χ3n) is 2.95. The molecule has 2 N–H and O–H groups in total. The third-order valence-corrected chi connectivity index (χ3v) is 3.53. The summed E-state index contributed by atoms with van der Waals surface area (Å²) in [6, 6.07) is 13.0. The Kier molecular flexibility index (Phi) is 4.92. The Labute approximate surface area is 129 Å². The zero-order valence-corrected chi connectivity index (χ0v) is 12.9. The molecule has 0 radical (unpaired) electrons. The monoisotopic (exact) mass is 309 g/mol. The van der Waals surface area contributed by atoms with Gasteiger partial charge < -0.3 is 10.4 Å². The SMILES string of the molecule is CC(C)Nc1ccc(Cl)cc1C(O)c1ccccc1Cl. The van der Waals surface area contributed by atoms with Crippen LogP contribution in [-0.2, 0) is 0 Å². The van der Waals surface area contributed by atoms with Gasteiger partial charge in [-0.05, 0) is 38.1 Å². The van der Waals surface area contributed by atoms with Crippen LogP contribution >= 0.6 is 23.2 Å². The normalized spacial score (nSPS) is 12.5. The van der Waals surface area contributed by atoms with Crippen LogP contribution in [0.15, 0.2) is 42.5 Å². The van der Waals surface area contributed by atoms with Crippen molar-refractivity contribution in [3.05, 3.63) is 63.6 Å². The highest BCUT2D eigenvalue weighted by Gasteiger charge is 2.18. The van der Waals surface area contributed by atoms with Crippen LogP contribution in [0.1, 0.15) is 31.1 Å². The molecule has 1 unspecified atom stereocenters. The molecule has 0 fully saturated rings. The first-order valence-corrected chi connectivity index (χ1v) is 7.23. The first kappa shape index (κ1) is 15.2. The summed E-state index contributed by atoms with van der Waals surface area (Å²) < 4.78 is 0. The summed E-state index contributed by atoms with van der Waals surface area (Å²) in [7, 11) is 0. The van der Waals surface area contributed by atoms with Crippen molar-refractivity contribution < 1.29 is 5.11 Å². The van der Waals surface area contributed by atoms with E-state index < -0.39 is 6.10 Å². The minimum Gasteiger partial charge on any atom is -0.384 e. The first-order chi connectivity index (χ1) is 9.49. The number of rotatable bonds is 4. The fourth-order valence-electron chi connectivity index (χ4n) is 2.07. The zero-order chi connectivity index (χ0) is 14.7. The fourth-order valence-corrected chi connectivity index (χ4v) is 2.49. The molecule has 2 aromatic rings. The van der Waals surface area contributed by atoms with E-state index in [0.29, 0.717) is 15.6 Å². The number of benzene rings is 2. The molecular weight excluding hydrogens is 293 g/mol. The van der Waals surface area contributed by atoms with E-state index in [0.717, 1.165) is 11.3 Å². The highest BCUT2D eigenvalue weighted by Crippen LogP contribution is 2.34. The van der Waals surface area contributed by atoms with Gasteiger partial charge in [0.2, 0.25) is 0 Å². The van der Waals surface area contributed by atoms with Gasteiger partial charge in [-0.1, -0.05) is 41.4 Å². The molecule has 2 rings (SSSR count). The van der Waals surface area contributed by atoms with E-state index in [1.54, 1.807) is 18.2 Å². The lowest BCUT2D eigenvalue weighted by molar-refractivity contribution is 0.221. The second-order valence-corrected chi connectivity index (χ2v) is 5.80. The van der Waals surface area contributed by atoms with Crippen LogP contribution in [0.5, 0.6) is 0 Å². The maximum atomic E-state index is 10.6. The van der Waals surface area contributed by atoms with E-state index in [4.69, 9.17) is 23.2 Å². The molecule has 2 nitrogen and oxygen atoms in total. The molecule has 2 aromatic carbocycles. The van der Waals surface area contributed by atoms with Crippen LogP contribution < -0.4 is 5.32 Å². The van der Waals surface area contributed by atoms with Crippen LogP contribution in [-0.4, -0.2) is 11.1 Å². The number of halogens is 2. The Bertz CT molecular complexity index is 599. The second-order valence-electron chi connectivity index (χ2n) is 4.95. The Balaban J connectivity index is 2.45. The molecule has 0 aromatic heterocycles. The van der Waals surface area contributed by atoms with E-state index in [9.17, 15) is 5.11 Å². The van der Waals surface area contributed by atoms with Crippen molar-refractivity contribution in [1.29, 1.82) is 0 Å². The van der Waals surface area contributed by atoms with Gasteiger partial charge in [-0.2, -0.15) is 0 Å². The predicted octanol–water partition coefficient (Wildman–Crippen LogP) is 4.90. The third kappa shape index (κ3) is 3.45. The average Bonchev–Trinajstić information content (AvgIpc) is 2.40. The Morgan fingerprint density at radius 3 is 2.35 bits per heavy atom. The molecule has 106 valence electrons. The summed E-state index contributed by atoms with van der Waals surface area (Å²) in [5, 5.41) is 15.0. The van der Waals surface area contributed by atoms with Crippen LogP contribution in [0.2, 0.25) is 10.0 Å². The van der Waals surface area contributed by atoms with Crippen LogP contribution in [0.4, 0.5) is 5.69 Å². The molecule has 4 heteroatoms. The average molecular weight is 310 g/mol. The molecule has 0 bridgehead atoms. The van der Waals surface area contributed by atoms with Crippen LogP contribution in [0, 0.1) is 0 Å². The number of anilines is 1. The van der Waals surface area contributed by atoms with Gasteiger partial charge in [0.05, 0.1) is 0 Å². The van der Waals surface area contributed by atoms with E-state index >= 15 is 0 Å². The smallest absolute Gasteiger partial charge is 0.108 e.